The van der Waals surface area contributed by atoms with Gasteiger partial charge in [0.1, 0.15) is 24.1 Å². The first-order valence-electron chi connectivity index (χ1n) is 11.0. The third-order valence-electron chi connectivity index (χ3n) is 6.34. The molecule has 34 heavy (non-hydrogen) atoms. The van der Waals surface area contributed by atoms with Crippen molar-refractivity contribution in [3.8, 4) is 5.75 Å². The average molecular weight is 477 g/mol. The van der Waals surface area contributed by atoms with E-state index in [9.17, 15) is 29.3 Å². The lowest BCUT2D eigenvalue weighted by atomic mass is 10.1. The maximum absolute atomic E-state index is 13.1. The number of aromatic hydroxyl groups is 1. The minimum atomic E-state index is -1.25. The van der Waals surface area contributed by atoms with Crippen LogP contribution in [0, 0.1) is 5.82 Å². The topological polar surface area (TPSA) is 134 Å². The first-order valence-corrected chi connectivity index (χ1v) is 11.0. The van der Waals surface area contributed by atoms with Crippen LogP contribution in [-0.2, 0) is 13.1 Å². The van der Waals surface area contributed by atoms with Crippen molar-refractivity contribution in [3.63, 3.8) is 0 Å². The van der Waals surface area contributed by atoms with Crippen molar-refractivity contribution in [2.24, 2.45) is 0 Å². The number of benzene rings is 1. The maximum atomic E-state index is 13.1. The fourth-order valence-corrected chi connectivity index (χ4v) is 4.34. The molecule has 2 aliphatic rings. The number of halogens is 1. The third kappa shape index (κ3) is 4.68. The number of fused-ring (bicyclic) bond motifs is 4. The molecule has 1 fully saturated rings. The summed E-state index contributed by atoms with van der Waals surface area (Å²) in [6.07, 6.45) is -2.43. The molecule has 2 bridgehead atoms. The van der Waals surface area contributed by atoms with E-state index in [4.69, 9.17) is 0 Å². The standard InChI is InChI=1S/C22H29FN6O5/c1-26(2)21(33)22(34)28-9-7-27-8-10-29-18(15(28)12-27)25-16(17(30)20(29)32)19(31)24-11-13-3-5-14(23)6-4-13/h3-6,15,21-22,30,33-34H,7-12H2,1-2H3,(H,24,31). The van der Waals surface area contributed by atoms with Gasteiger partial charge in [0.15, 0.2) is 5.69 Å². The van der Waals surface area contributed by atoms with E-state index in [0.29, 0.717) is 31.7 Å². The van der Waals surface area contributed by atoms with Crippen molar-refractivity contribution >= 4 is 5.91 Å². The Hall–Kier alpha value is -2.90. The highest BCUT2D eigenvalue weighted by atomic mass is 19.1. The quantitative estimate of drug-likeness (QED) is 0.383. The van der Waals surface area contributed by atoms with E-state index in [1.807, 2.05) is 0 Å². The van der Waals surface area contributed by atoms with Crippen LogP contribution in [0.1, 0.15) is 27.9 Å². The van der Waals surface area contributed by atoms with Crippen LogP contribution in [0.2, 0.25) is 0 Å². The minimum Gasteiger partial charge on any atom is -0.501 e. The second-order valence-corrected chi connectivity index (χ2v) is 8.78. The highest BCUT2D eigenvalue weighted by Gasteiger charge is 2.40. The SMILES string of the molecule is CN(C)C(O)C(O)N1CCN2CCn3c(nc(C(=O)NCc4ccc(F)cc4)c(O)c3=O)C1C2. The Labute approximate surface area is 195 Å². The highest BCUT2D eigenvalue weighted by Crippen LogP contribution is 2.29. The smallest absolute Gasteiger partial charge is 0.296 e. The monoisotopic (exact) mass is 476 g/mol. The summed E-state index contributed by atoms with van der Waals surface area (Å²) >= 11 is 0. The molecule has 0 radical (unpaired) electrons. The maximum Gasteiger partial charge on any atom is 0.296 e. The van der Waals surface area contributed by atoms with Crippen LogP contribution in [0.15, 0.2) is 29.1 Å². The Balaban J connectivity index is 1.66. The second-order valence-electron chi connectivity index (χ2n) is 8.78. The zero-order valence-electron chi connectivity index (χ0n) is 19.1. The van der Waals surface area contributed by atoms with Crippen LogP contribution in [-0.4, -0.2) is 98.2 Å². The van der Waals surface area contributed by atoms with Crippen LogP contribution in [0.3, 0.4) is 0 Å². The molecule has 1 aromatic heterocycles. The second kappa shape index (κ2) is 9.76. The summed E-state index contributed by atoms with van der Waals surface area (Å²) in [7, 11) is 3.27. The Morgan fingerprint density at radius 2 is 1.88 bits per heavy atom. The summed E-state index contributed by atoms with van der Waals surface area (Å²) in [4.78, 5) is 35.5. The molecule has 1 saturated heterocycles. The lowest BCUT2D eigenvalue weighted by molar-refractivity contribution is -0.159. The van der Waals surface area contributed by atoms with Crippen molar-refractivity contribution in [3.05, 3.63) is 57.5 Å². The van der Waals surface area contributed by atoms with Gasteiger partial charge in [-0.2, -0.15) is 0 Å². The van der Waals surface area contributed by atoms with Gasteiger partial charge in [0.05, 0.1) is 6.04 Å². The summed E-state index contributed by atoms with van der Waals surface area (Å²) in [5.41, 5.74) is -0.524. The number of aliphatic hydroxyl groups is 2. The predicted octanol–water partition coefficient (Wildman–Crippen LogP) is -1.11. The fraction of sp³-hybridized carbons (Fsp3) is 0.500. The molecule has 4 N–H and O–H groups in total. The van der Waals surface area contributed by atoms with E-state index in [0.717, 1.165) is 0 Å². The van der Waals surface area contributed by atoms with Crippen LogP contribution in [0.5, 0.6) is 5.75 Å². The summed E-state index contributed by atoms with van der Waals surface area (Å²) in [5.74, 6) is -1.67. The molecular weight excluding hydrogens is 447 g/mol. The highest BCUT2D eigenvalue weighted by molar-refractivity contribution is 5.94. The van der Waals surface area contributed by atoms with E-state index in [-0.39, 0.29) is 18.9 Å². The zero-order chi connectivity index (χ0) is 24.6. The average Bonchev–Trinajstić information content (AvgIpc) is 2.96. The normalized spacial score (nSPS) is 22.1. The molecule has 11 nitrogen and oxygen atoms in total. The summed E-state index contributed by atoms with van der Waals surface area (Å²) in [5, 5.41) is 34.3. The summed E-state index contributed by atoms with van der Waals surface area (Å²) in [6.45, 7) is 2.33. The molecular formula is C22H29FN6O5. The Morgan fingerprint density at radius 1 is 1.21 bits per heavy atom. The van der Waals surface area contributed by atoms with Gasteiger partial charge >= 0.3 is 0 Å². The molecule has 2 aliphatic heterocycles. The van der Waals surface area contributed by atoms with E-state index in [1.54, 1.807) is 19.0 Å². The Kier molecular flexibility index (Phi) is 6.96. The van der Waals surface area contributed by atoms with Gasteiger partial charge in [-0.1, -0.05) is 12.1 Å². The molecule has 0 aliphatic carbocycles. The molecule has 0 saturated carbocycles. The number of hydrogen-bond acceptors (Lipinski definition) is 9. The molecule has 4 unspecified atom stereocenters. The predicted molar refractivity (Wildman–Crippen MR) is 119 cm³/mol. The van der Waals surface area contributed by atoms with E-state index in [1.165, 1.54) is 33.7 Å². The number of aliphatic hydroxyl groups excluding tert-OH is 2. The van der Waals surface area contributed by atoms with Gasteiger partial charge in [0, 0.05) is 39.3 Å². The lowest BCUT2D eigenvalue weighted by Gasteiger charge is -2.43. The lowest BCUT2D eigenvalue weighted by Crippen LogP contribution is -2.57. The van der Waals surface area contributed by atoms with Gasteiger partial charge in [-0.15, -0.1) is 0 Å². The number of likely N-dealkylation sites (N-methyl/N-ethyl adjacent to an activating group) is 1. The van der Waals surface area contributed by atoms with E-state index in [2.05, 4.69) is 15.2 Å². The van der Waals surface area contributed by atoms with Crippen LogP contribution < -0.4 is 10.9 Å². The molecule has 184 valence electrons. The van der Waals surface area contributed by atoms with Crippen LogP contribution >= 0.6 is 0 Å². The molecule has 1 amide bonds. The van der Waals surface area contributed by atoms with Crippen molar-refractivity contribution in [1.82, 2.24) is 29.6 Å². The number of aromatic nitrogens is 2. The largest absolute Gasteiger partial charge is 0.501 e. The summed E-state index contributed by atoms with van der Waals surface area (Å²) in [6, 6.07) is 4.98. The number of piperazine rings is 1. The number of rotatable bonds is 6. The van der Waals surface area contributed by atoms with Gasteiger partial charge in [-0.3, -0.25) is 28.9 Å². The Bertz CT molecular complexity index is 1110. The van der Waals surface area contributed by atoms with E-state index >= 15 is 0 Å². The molecule has 2 aromatic rings. The van der Waals surface area contributed by atoms with Gasteiger partial charge < -0.3 is 20.6 Å². The van der Waals surface area contributed by atoms with Gasteiger partial charge in [0.25, 0.3) is 11.5 Å². The van der Waals surface area contributed by atoms with Gasteiger partial charge in [-0.05, 0) is 31.8 Å². The van der Waals surface area contributed by atoms with Crippen LogP contribution in [0.4, 0.5) is 4.39 Å². The first-order chi connectivity index (χ1) is 16.2. The first kappa shape index (κ1) is 24.2. The van der Waals surface area contributed by atoms with Gasteiger partial charge in [0.2, 0.25) is 5.75 Å². The van der Waals surface area contributed by atoms with Crippen molar-refractivity contribution in [1.29, 1.82) is 0 Å². The minimum absolute atomic E-state index is 0.0513. The number of nitrogens with one attached hydrogen (secondary N) is 1. The zero-order valence-corrected chi connectivity index (χ0v) is 19.1. The number of carbonyl (C=O) groups is 1. The molecule has 12 heteroatoms. The molecule has 4 atom stereocenters. The number of nitrogens with zero attached hydrogens (tertiary/aromatic N) is 5. The van der Waals surface area contributed by atoms with Crippen molar-refractivity contribution in [2.75, 3.05) is 40.3 Å². The van der Waals surface area contributed by atoms with Gasteiger partial charge in [-0.25, -0.2) is 9.37 Å². The summed E-state index contributed by atoms with van der Waals surface area (Å²) < 4.78 is 14.4. The molecule has 4 rings (SSSR count). The third-order valence-corrected chi connectivity index (χ3v) is 6.34. The van der Waals surface area contributed by atoms with Crippen molar-refractivity contribution in [2.45, 2.75) is 31.6 Å². The van der Waals surface area contributed by atoms with Crippen molar-refractivity contribution < 1.29 is 24.5 Å². The molecule has 3 heterocycles. The van der Waals surface area contributed by atoms with E-state index < -0.39 is 47.2 Å². The number of hydrogen-bond donors (Lipinski definition) is 4. The molecule has 1 aromatic carbocycles. The number of amides is 1. The molecule has 0 spiro atoms. The fourth-order valence-electron chi connectivity index (χ4n) is 4.34. The Morgan fingerprint density at radius 3 is 2.56 bits per heavy atom. The number of carbonyl (C=O) groups excluding carboxylic acids is 1. The van der Waals surface area contributed by atoms with Crippen LogP contribution in [0.25, 0.3) is 0 Å².